The number of carbonyl (C=O) groups excluding carboxylic acids is 2. The Kier molecular flexibility index (Phi) is 14.5. The average molecular weight is 257 g/mol. The van der Waals surface area contributed by atoms with E-state index in [1.807, 2.05) is 0 Å². The first-order chi connectivity index (χ1) is 8.63. The number of hydrogen-bond acceptors (Lipinski definition) is 7. The van der Waals surface area contributed by atoms with Crippen LogP contribution < -0.4 is 0 Å². The third-order valence-corrected chi connectivity index (χ3v) is 1.08. The highest BCUT2D eigenvalue weighted by molar-refractivity contribution is 6.29. The van der Waals surface area contributed by atoms with Crippen molar-refractivity contribution in [3.8, 4) is 0 Å². The smallest absolute Gasteiger partial charge is 0.417 e. The second kappa shape index (κ2) is 14.6. The molecule has 0 fully saturated rings. The fraction of sp³-hybridized carbons (Fsp3) is 0.273. The lowest BCUT2D eigenvalue weighted by Gasteiger charge is -2.00. The van der Waals surface area contributed by atoms with Crippen LogP contribution in [0, 0.1) is 4.91 Å². The summed E-state index contributed by atoms with van der Waals surface area (Å²) in [7, 11) is 0. The first-order valence-electron chi connectivity index (χ1n) is 4.75. The van der Waals surface area contributed by atoms with Gasteiger partial charge in [-0.2, -0.15) is 0 Å². The predicted molar refractivity (Wildman–Crippen MR) is 64.3 cm³/mol. The van der Waals surface area contributed by atoms with Crippen LogP contribution in [0.1, 0.15) is 0 Å². The third-order valence-electron chi connectivity index (χ3n) is 1.08. The Morgan fingerprint density at radius 1 is 0.889 bits per heavy atom. The molecule has 0 aliphatic carbocycles. The zero-order valence-corrected chi connectivity index (χ0v) is 9.87. The van der Waals surface area contributed by atoms with Gasteiger partial charge in [-0.25, -0.2) is 9.59 Å². The van der Waals surface area contributed by atoms with Crippen LogP contribution in [0.5, 0.6) is 0 Å². The van der Waals surface area contributed by atoms with E-state index in [0.717, 1.165) is 0 Å². The molecule has 0 saturated carbocycles. The van der Waals surface area contributed by atoms with Crippen molar-refractivity contribution in [2.75, 3.05) is 19.8 Å². The van der Waals surface area contributed by atoms with Gasteiger partial charge in [-0.3, -0.25) is 0 Å². The highest BCUT2D eigenvalue weighted by atomic mass is 16.7. The van der Waals surface area contributed by atoms with Gasteiger partial charge in [0.1, 0.15) is 19.8 Å². The van der Waals surface area contributed by atoms with E-state index in [1.165, 1.54) is 18.2 Å². The van der Waals surface area contributed by atoms with Gasteiger partial charge in [0.25, 0.3) is 0 Å². The van der Waals surface area contributed by atoms with Crippen LogP contribution in [-0.2, 0) is 23.9 Å². The number of rotatable bonds is 7. The quantitative estimate of drug-likeness (QED) is 0.170. The highest BCUT2D eigenvalue weighted by Gasteiger charge is 2.15. The summed E-state index contributed by atoms with van der Waals surface area (Å²) in [6.45, 7) is 10.1. The van der Waals surface area contributed by atoms with Crippen molar-refractivity contribution < 1.29 is 23.9 Å². The van der Waals surface area contributed by atoms with Crippen molar-refractivity contribution in [1.82, 2.24) is 0 Å². The molecule has 0 unspecified atom stereocenters. The number of esters is 2. The largest absolute Gasteiger partial charge is 0.453 e. The molecule has 0 spiro atoms. The average Bonchev–Trinajstić information content (AvgIpc) is 2.40. The molecular weight excluding hydrogens is 242 g/mol. The Labute approximate surface area is 105 Å². The fourth-order valence-electron chi connectivity index (χ4n) is 0.470. The molecule has 7 heteroatoms. The maximum absolute atomic E-state index is 10.6. The van der Waals surface area contributed by atoms with Crippen LogP contribution >= 0.6 is 0 Å². The molecule has 0 atom stereocenters. The number of nitrogens with zero attached hydrogens (tertiary/aromatic N) is 1. The van der Waals surface area contributed by atoms with Crippen LogP contribution in [-0.4, -0.2) is 31.8 Å². The molecule has 0 aliphatic rings. The summed E-state index contributed by atoms with van der Waals surface area (Å²) < 4.78 is 8.77. The minimum absolute atomic E-state index is 0.00201. The molecule has 0 saturated heterocycles. The van der Waals surface area contributed by atoms with E-state index in [9.17, 15) is 9.59 Å². The van der Waals surface area contributed by atoms with Crippen LogP contribution in [0.25, 0.3) is 0 Å². The summed E-state index contributed by atoms with van der Waals surface area (Å²) in [5, 5.41) is 2.10. The number of ether oxygens (including phenoxy) is 2. The summed E-state index contributed by atoms with van der Waals surface area (Å²) in [4.78, 5) is 34.2. The normalized spacial score (nSPS) is 7.78. The van der Waals surface area contributed by atoms with Crippen molar-refractivity contribution in [3.63, 3.8) is 0 Å². The molecular formula is C11H15NO6. The SMILES string of the molecule is C=CCOC(=O)C(=O)OCC=C.C=CCON=O. The molecule has 0 aliphatic heterocycles. The number of carbonyl (C=O) groups is 2. The lowest BCUT2D eigenvalue weighted by molar-refractivity contribution is -0.166. The molecule has 0 amide bonds. The maximum atomic E-state index is 10.6. The van der Waals surface area contributed by atoms with Gasteiger partial charge in [-0.05, 0) is 0 Å². The van der Waals surface area contributed by atoms with Gasteiger partial charge in [-0.1, -0.05) is 38.0 Å². The molecule has 7 nitrogen and oxygen atoms in total. The Bertz CT molecular complexity index is 270. The van der Waals surface area contributed by atoms with Gasteiger partial charge in [0.15, 0.2) is 5.34 Å². The van der Waals surface area contributed by atoms with Gasteiger partial charge in [0.05, 0.1) is 0 Å². The van der Waals surface area contributed by atoms with Crippen molar-refractivity contribution in [2.24, 2.45) is 5.34 Å². The monoisotopic (exact) mass is 257 g/mol. The van der Waals surface area contributed by atoms with Crippen molar-refractivity contribution in [2.45, 2.75) is 0 Å². The van der Waals surface area contributed by atoms with Gasteiger partial charge in [-0.15, -0.1) is 4.91 Å². The molecule has 0 radical (unpaired) electrons. The van der Waals surface area contributed by atoms with E-state index in [1.54, 1.807) is 0 Å². The summed E-state index contributed by atoms with van der Waals surface area (Å²) >= 11 is 0. The van der Waals surface area contributed by atoms with Crippen LogP contribution in [0.15, 0.2) is 43.3 Å². The molecule has 0 aromatic carbocycles. The van der Waals surface area contributed by atoms with E-state index in [0.29, 0.717) is 0 Å². The standard InChI is InChI=1S/C8H10O4.C3H5NO2/c1-3-5-11-7(9)8(10)12-6-4-2;1-2-3-6-4-5/h3-4H,1-2,5-6H2;2H,1,3H2. The second-order valence-corrected chi connectivity index (χ2v) is 2.43. The zero-order chi connectivity index (χ0) is 14.2. The Hall–Kier alpha value is -2.44. The first kappa shape index (κ1) is 17.9. The van der Waals surface area contributed by atoms with Gasteiger partial charge < -0.3 is 14.3 Å². The molecule has 0 aromatic heterocycles. The minimum Gasteiger partial charge on any atom is -0.453 e. The zero-order valence-electron chi connectivity index (χ0n) is 9.87. The minimum atomic E-state index is -1.02. The second-order valence-electron chi connectivity index (χ2n) is 2.43. The molecule has 0 rings (SSSR count). The molecule has 100 valence electrons. The van der Waals surface area contributed by atoms with Crippen LogP contribution in [0.3, 0.4) is 0 Å². The van der Waals surface area contributed by atoms with E-state index in [2.05, 4.69) is 39.4 Å². The van der Waals surface area contributed by atoms with Crippen molar-refractivity contribution >= 4 is 11.9 Å². The predicted octanol–water partition coefficient (Wildman–Crippen LogP) is 1.32. The summed E-state index contributed by atoms with van der Waals surface area (Å²) in [6, 6.07) is 0. The molecule has 0 bridgehead atoms. The van der Waals surface area contributed by atoms with Crippen molar-refractivity contribution in [1.29, 1.82) is 0 Å². The lowest BCUT2D eigenvalue weighted by atomic mass is 10.6. The fourth-order valence-corrected chi connectivity index (χ4v) is 0.470. The first-order valence-corrected chi connectivity index (χ1v) is 4.75. The summed E-state index contributed by atoms with van der Waals surface area (Å²) in [5.41, 5.74) is 0. The van der Waals surface area contributed by atoms with Gasteiger partial charge in [0.2, 0.25) is 0 Å². The molecule has 0 N–H and O–H groups in total. The third kappa shape index (κ3) is 13.6. The summed E-state index contributed by atoms with van der Waals surface area (Å²) in [6.07, 6.45) is 4.17. The van der Waals surface area contributed by atoms with Gasteiger partial charge in [0, 0.05) is 0 Å². The van der Waals surface area contributed by atoms with Crippen LogP contribution in [0.4, 0.5) is 0 Å². The molecule has 0 aromatic rings. The van der Waals surface area contributed by atoms with E-state index >= 15 is 0 Å². The van der Waals surface area contributed by atoms with Gasteiger partial charge >= 0.3 is 11.9 Å². The molecule has 0 heterocycles. The summed E-state index contributed by atoms with van der Waals surface area (Å²) in [5.74, 6) is -2.03. The van der Waals surface area contributed by atoms with Crippen LogP contribution in [0.2, 0.25) is 0 Å². The Balaban J connectivity index is 0. The Morgan fingerprint density at radius 2 is 1.28 bits per heavy atom. The topological polar surface area (TPSA) is 91.3 Å². The van der Waals surface area contributed by atoms with E-state index in [4.69, 9.17) is 4.91 Å². The van der Waals surface area contributed by atoms with E-state index < -0.39 is 11.9 Å². The van der Waals surface area contributed by atoms with E-state index in [-0.39, 0.29) is 19.8 Å². The molecule has 18 heavy (non-hydrogen) atoms. The maximum Gasteiger partial charge on any atom is 0.417 e. The lowest BCUT2D eigenvalue weighted by Crippen LogP contribution is -2.20. The number of hydrogen-bond donors (Lipinski definition) is 0. The highest BCUT2D eigenvalue weighted by Crippen LogP contribution is 1.85. The Morgan fingerprint density at radius 3 is 1.50 bits per heavy atom. The van der Waals surface area contributed by atoms with Crippen molar-refractivity contribution in [3.05, 3.63) is 42.9 Å².